The fourth-order valence-corrected chi connectivity index (χ4v) is 1.36. The molecule has 0 saturated heterocycles. The lowest BCUT2D eigenvalue weighted by Crippen LogP contribution is -1.93. The minimum absolute atomic E-state index is 0.179. The normalized spacial score (nSPS) is 9.89. The second kappa shape index (κ2) is 4.80. The monoisotopic (exact) mass is 249 g/mol. The maximum Gasteiger partial charge on any atom is 0.194 e. The van der Waals surface area contributed by atoms with Gasteiger partial charge in [-0.2, -0.15) is 5.26 Å². The van der Waals surface area contributed by atoms with E-state index in [1.54, 1.807) is 12.1 Å². The molecule has 2 aromatic carbocycles. The summed E-state index contributed by atoms with van der Waals surface area (Å²) in [7, 11) is 0. The second-order valence-corrected chi connectivity index (χ2v) is 3.44. The standard InChI is InChI=1S/C13H6F3NO/c14-11-5-10(6-12(15)13(11)16)18-9-3-1-2-8(4-9)7-17/h1-6H. The van der Waals surface area contributed by atoms with Crippen LogP contribution < -0.4 is 4.74 Å². The summed E-state index contributed by atoms with van der Waals surface area (Å²) in [6, 6.07) is 9.39. The molecule has 0 aliphatic rings. The van der Waals surface area contributed by atoms with Crippen LogP contribution in [0.15, 0.2) is 36.4 Å². The van der Waals surface area contributed by atoms with Crippen LogP contribution >= 0.6 is 0 Å². The zero-order chi connectivity index (χ0) is 13.1. The van der Waals surface area contributed by atoms with Gasteiger partial charge in [0.15, 0.2) is 17.5 Å². The van der Waals surface area contributed by atoms with Crippen LogP contribution in [-0.4, -0.2) is 0 Å². The average Bonchev–Trinajstić information content (AvgIpc) is 2.36. The van der Waals surface area contributed by atoms with Gasteiger partial charge in [0, 0.05) is 12.1 Å². The molecular formula is C13H6F3NO. The predicted octanol–water partition coefficient (Wildman–Crippen LogP) is 3.77. The first-order valence-electron chi connectivity index (χ1n) is 4.92. The van der Waals surface area contributed by atoms with Crippen LogP contribution in [0, 0.1) is 28.8 Å². The zero-order valence-corrected chi connectivity index (χ0v) is 8.95. The van der Waals surface area contributed by atoms with E-state index in [1.807, 2.05) is 6.07 Å². The number of ether oxygens (including phenoxy) is 1. The van der Waals surface area contributed by atoms with E-state index in [0.29, 0.717) is 5.56 Å². The van der Waals surface area contributed by atoms with E-state index >= 15 is 0 Å². The summed E-state index contributed by atoms with van der Waals surface area (Å²) in [5.41, 5.74) is 0.343. The summed E-state index contributed by atoms with van der Waals surface area (Å²) in [6.45, 7) is 0. The molecular weight excluding hydrogens is 243 g/mol. The van der Waals surface area contributed by atoms with E-state index in [0.717, 1.165) is 12.1 Å². The number of nitrogens with zero attached hydrogens (tertiary/aromatic N) is 1. The fraction of sp³-hybridized carbons (Fsp3) is 0. The number of hydrogen-bond donors (Lipinski definition) is 0. The summed E-state index contributed by atoms with van der Waals surface area (Å²) >= 11 is 0. The molecule has 0 radical (unpaired) electrons. The van der Waals surface area contributed by atoms with Crippen LogP contribution in [0.3, 0.4) is 0 Å². The van der Waals surface area contributed by atoms with Crippen molar-refractivity contribution in [2.45, 2.75) is 0 Å². The van der Waals surface area contributed by atoms with Crippen LogP contribution in [0.25, 0.3) is 0 Å². The quantitative estimate of drug-likeness (QED) is 0.759. The highest BCUT2D eigenvalue weighted by Gasteiger charge is 2.11. The lowest BCUT2D eigenvalue weighted by molar-refractivity contribution is 0.423. The van der Waals surface area contributed by atoms with Crippen molar-refractivity contribution in [2.75, 3.05) is 0 Å². The molecule has 0 heterocycles. The Morgan fingerprint density at radius 2 is 1.61 bits per heavy atom. The molecule has 0 bridgehead atoms. The maximum atomic E-state index is 12.9. The Hall–Kier alpha value is -2.48. The zero-order valence-electron chi connectivity index (χ0n) is 8.95. The summed E-state index contributed by atoms with van der Waals surface area (Å²) in [6.07, 6.45) is 0. The van der Waals surface area contributed by atoms with Crippen LogP contribution in [0.5, 0.6) is 11.5 Å². The minimum atomic E-state index is -1.55. The maximum absolute atomic E-state index is 12.9. The first-order chi connectivity index (χ1) is 8.60. The van der Waals surface area contributed by atoms with Crippen LogP contribution in [0.1, 0.15) is 5.56 Å². The molecule has 0 amide bonds. The molecule has 2 aromatic rings. The minimum Gasteiger partial charge on any atom is -0.457 e. The summed E-state index contributed by atoms with van der Waals surface area (Å²) in [4.78, 5) is 0. The topological polar surface area (TPSA) is 33.0 Å². The summed E-state index contributed by atoms with van der Waals surface area (Å²) < 4.78 is 43.7. The SMILES string of the molecule is N#Cc1cccc(Oc2cc(F)c(F)c(F)c2)c1. The van der Waals surface area contributed by atoms with Gasteiger partial charge in [-0.25, -0.2) is 13.2 Å². The van der Waals surface area contributed by atoms with Crippen molar-refractivity contribution in [1.82, 2.24) is 0 Å². The number of nitriles is 1. The first kappa shape index (κ1) is 12.0. The first-order valence-corrected chi connectivity index (χ1v) is 4.92. The number of benzene rings is 2. The number of halogens is 3. The highest BCUT2D eigenvalue weighted by atomic mass is 19.2. The molecule has 0 spiro atoms. The van der Waals surface area contributed by atoms with E-state index in [1.165, 1.54) is 12.1 Å². The summed E-state index contributed by atoms with van der Waals surface area (Å²) in [5.74, 6) is -4.16. The van der Waals surface area contributed by atoms with Gasteiger partial charge in [-0.3, -0.25) is 0 Å². The Kier molecular flexibility index (Phi) is 3.20. The van der Waals surface area contributed by atoms with Gasteiger partial charge in [0.05, 0.1) is 11.6 Å². The van der Waals surface area contributed by atoms with Gasteiger partial charge in [-0.05, 0) is 18.2 Å². The van der Waals surface area contributed by atoms with Crippen molar-refractivity contribution in [2.24, 2.45) is 0 Å². The second-order valence-electron chi connectivity index (χ2n) is 3.44. The fourth-order valence-electron chi connectivity index (χ4n) is 1.36. The van der Waals surface area contributed by atoms with E-state index < -0.39 is 17.5 Å². The molecule has 0 atom stereocenters. The van der Waals surface area contributed by atoms with Crippen molar-refractivity contribution in [3.8, 4) is 17.6 Å². The number of hydrogen-bond acceptors (Lipinski definition) is 2. The molecule has 18 heavy (non-hydrogen) atoms. The third-order valence-electron chi connectivity index (χ3n) is 2.16. The van der Waals surface area contributed by atoms with Gasteiger partial charge in [-0.1, -0.05) is 6.07 Å². The molecule has 2 nitrogen and oxygen atoms in total. The molecule has 0 N–H and O–H groups in total. The predicted molar refractivity (Wildman–Crippen MR) is 57.5 cm³/mol. The van der Waals surface area contributed by atoms with Crippen LogP contribution in [-0.2, 0) is 0 Å². The molecule has 90 valence electrons. The number of rotatable bonds is 2. The molecule has 2 rings (SSSR count). The van der Waals surface area contributed by atoms with Crippen LogP contribution in [0.2, 0.25) is 0 Å². The van der Waals surface area contributed by atoms with Crippen molar-refractivity contribution >= 4 is 0 Å². The largest absolute Gasteiger partial charge is 0.457 e. The molecule has 5 heteroatoms. The Labute approximate surface area is 101 Å². The van der Waals surface area contributed by atoms with E-state index in [2.05, 4.69) is 0 Å². The summed E-state index contributed by atoms with van der Waals surface area (Å²) in [5, 5.41) is 8.68. The Balaban J connectivity index is 2.32. The highest BCUT2D eigenvalue weighted by molar-refractivity contribution is 5.39. The van der Waals surface area contributed by atoms with Gasteiger partial charge in [0.25, 0.3) is 0 Å². The molecule has 0 aliphatic carbocycles. The van der Waals surface area contributed by atoms with Crippen molar-refractivity contribution in [1.29, 1.82) is 5.26 Å². The van der Waals surface area contributed by atoms with Gasteiger partial charge in [0.2, 0.25) is 0 Å². The smallest absolute Gasteiger partial charge is 0.194 e. The van der Waals surface area contributed by atoms with Gasteiger partial charge >= 0.3 is 0 Å². The van der Waals surface area contributed by atoms with Gasteiger partial charge < -0.3 is 4.74 Å². The third-order valence-corrected chi connectivity index (χ3v) is 2.16. The van der Waals surface area contributed by atoms with E-state index in [-0.39, 0.29) is 11.5 Å². The Morgan fingerprint density at radius 3 is 2.22 bits per heavy atom. The average molecular weight is 249 g/mol. The molecule has 0 aliphatic heterocycles. The van der Waals surface area contributed by atoms with Crippen molar-refractivity contribution in [3.05, 3.63) is 59.4 Å². The van der Waals surface area contributed by atoms with Gasteiger partial charge in [0.1, 0.15) is 11.5 Å². The Bertz CT molecular complexity index is 611. The van der Waals surface area contributed by atoms with Gasteiger partial charge in [-0.15, -0.1) is 0 Å². The molecule has 0 fully saturated rings. The van der Waals surface area contributed by atoms with Crippen molar-refractivity contribution < 1.29 is 17.9 Å². The van der Waals surface area contributed by atoms with Crippen molar-refractivity contribution in [3.63, 3.8) is 0 Å². The third kappa shape index (κ3) is 2.43. The lowest BCUT2D eigenvalue weighted by Gasteiger charge is -2.06. The highest BCUT2D eigenvalue weighted by Crippen LogP contribution is 2.25. The van der Waals surface area contributed by atoms with E-state index in [4.69, 9.17) is 10.00 Å². The Morgan fingerprint density at radius 1 is 0.944 bits per heavy atom. The molecule has 0 saturated carbocycles. The lowest BCUT2D eigenvalue weighted by atomic mass is 10.2. The molecule has 0 unspecified atom stereocenters. The van der Waals surface area contributed by atoms with E-state index in [9.17, 15) is 13.2 Å². The van der Waals surface area contributed by atoms with Crippen LogP contribution in [0.4, 0.5) is 13.2 Å². The molecule has 0 aromatic heterocycles.